The number of aromatic nitrogens is 2. The molecule has 0 saturated heterocycles. The van der Waals surface area contributed by atoms with Gasteiger partial charge in [0.25, 0.3) is 0 Å². The number of hydrogen-bond donors (Lipinski definition) is 1. The first kappa shape index (κ1) is 13.2. The van der Waals surface area contributed by atoms with Gasteiger partial charge < -0.3 is 10.3 Å². The molecule has 0 spiro atoms. The van der Waals surface area contributed by atoms with Crippen LogP contribution in [-0.4, -0.2) is 15.5 Å². The summed E-state index contributed by atoms with van der Waals surface area (Å²) in [5.41, 5.74) is 6.80. The third-order valence-corrected chi connectivity index (χ3v) is 3.34. The van der Waals surface area contributed by atoms with Crippen molar-refractivity contribution in [1.82, 2.24) is 9.55 Å². The van der Waals surface area contributed by atoms with Crippen molar-refractivity contribution in [3.05, 3.63) is 29.0 Å². The second-order valence-corrected chi connectivity index (χ2v) is 4.83. The van der Waals surface area contributed by atoms with E-state index >= 15 is 0 Å². The molecule has 1 aromatic carbocycles. The maximum Gasteiger partial charge on any atom is 0.219 e. The second kappa shape index (κ2) is 5.16. The maximum atomic E-state index is 11.0. The first-order valence-electron chi connectivity index (χ1n) is 5.54. The van der Waals surface area contributed by atoms with Crippen molar-refractivity contribution in [1.29, 1.82) is 0 Å². The molecule has 1 amide bonds. The van der Waals surface area contributed by atoms with Gasteiger partial charge in [-0.15, -0.1) is 11.6 Å². The van der Waals surface area contributed by atoms with Crippen LogP contribution in [-0.2, 0) is 10.7 Å². The molecule has 2 rings (SSSR count). The van der Waals surface area contributed by atoms with E-state index in [0.29, 0.717) is 16.4 Å². The summed E-state index contributed by atoms with van der Waals surface area (Å²) in [6, 6.07) is 5.43. The van der Waals surface area contributed by atoms with Crippen LogP contribution in [0.2, 0.25) is 5.02 Å². The van der Waals surface area contributed by atoms with Crippen LogP contribution < -0.4 is 5.73 Å². The molecule has 1 unspecified atom stereocenters. The minimum absolute atomic E-state index is 0.0975. The van der Waals surface area contributed by atoms with E-state index in [-0.39, 0.29) is 24.2 Å². The zero-order valence-corrected chi connectivity index (χ0v) is 11.4. The lowest BCUT2D eigenvalue weighted by Gasteiger charge is -2.15. The number of carbonyl (C=O) groups excluding carboxylic acids is 1. The number of benzene rings is 1. The largest absolute Gasteiger partial charge is 0.370 e. The monoisotopic (exact) mass is 285 g/mol. The highest BCUT2D eigenvalue weighted by atomic mass is 35.5. The van der Waals surface area contributed by atoms with Crippen LogP contribution in [0, 0.1) is 0 Å². The van der Waals surface area contributed by atoms with E-state index in [2.05, 4.69) is 4.98 Å². The number of halogens is 2. The second-order valence-electron chi connectivity index (χ2n) is 4.16. The van der Waals surface area contributed by atoms with Crippen molar-refractivity contribution in [2.75, 3.05) is 0 Å². The summed E-state index contributed by atoms with van der Waals surface area (Å²) in [6.07, 6.45) is 0.238. The SMILES string of the molecule is CC(CC(N)=O)n1c(CCl)nc2c(Cl)cccc21. The highest BCUT2D eigenvalue weighted by Gasteiger charge is 2.17. The zero-order valence-electron chi connectivity index (χ0n) is 9.86. The molecule has 0 saturated carbocycles. The summed E-state index contributed by atoms with van der Waals surface area (Å²) in [7, 11) is 0. The Hall–Kier alpha value is -1.26. The molecular formula is C12H13Cl2N3O. The van der Waals surface area contributed by atoms with E-state index in [1.807, 2.05) is 23.6 Å². The topological polar surface area (TPSA) is 60.9 Å². The van der Waals surface area contributed by atoms with E-state index in [9.17, 15) is 4.79 Å². The van der Waals surface area contributed by atoms with Crippen LogP contribution in [0.25, 0.3) is 11.0 Å². The van der Waals surface area contributed by atoms with Crippen LogP contribution in [0.1, 0.15) is 25.2 Å². The summed E-state index contributed by atoms with van der Waals surface area (Å²) in [6.45, 7) is 1.91. The van der Waals surface area contributed by atoms with Crippen molar-refractivity contribution < 1.29 is 4.79 Å². The van der Waals surface area contributed by atoms with Crippen molar-refractivity contribution in [3.63, 3.8) is 0 Å². The lowest BCUT2D eigenvalue weighted by Crippen LogP contribution is -2.18. The Morgan fingerprint density at radius 1 is 1.56 bits per heavy atom. The first-order chi connectivity index (χ1) is 8.54. The predicted molar refractivity (Wildman–Crippen MR) is 72.8 cm³/mol. The molecule has 2 N–H and O–H groups in total. The van der Waals surface area contributed by atoms with Gasteiger partial charge >= 0.3 is 0 Å². The van der Waals surface area contributed by atoms with E-state index in [1.165, 1.54) is 0 Å². The Bertz CT molecular complexity index is 594. The summed E-state index contributed by atoms with van der Waals surface area (Å²) < 4.78 is 1.92. The summed E-state index contributed by atoms with van der Waals surface area (Å²) in [5, 5.41) is 0.573. The van der Waals surface area contributed by atoms with E-state index < -0.39 is 0 Å². The molecule has 0 fully saturated rings. The van der Waals surface area contributed by atoms with Crippen molar-refractivity contribution in [3.8, 4) is 0 Å². The number of rotatable bonds is 4. The van der Waals surface area contributed by atoms with E-state index in [4.69, 9.17) is 28.9 Å². The fourth-order valence-corrected chi connectivity index (χ4v) is 2.50. The minimum Gasteiger partial charge on any atom is -0.370 e. The molecule has 1 aromatic heterocycles. The lowest BCUT2D eigenvalue weighted by atomic mass is 10.2. The fraction of sp³-hybridized carbons (Fsp3) is 0.333. The fourth-order valence-electron chi connectivity index (χ4n) is 2.10. The number of nitrogens with two attached hydrogens (primary N) is 1. The van der Waals surface area contributed by atoms with Crippen molar-refractivity contribution in [2.24, 2.45) is 5.73 Å². The van der Waals surface area contributed by atoms with E-state index in [1.54, 1.807) is 6.07 Å². The zero-order chi connectivity index (χ0) is 13.3. The lowest BCUT2D eigenvalue weighted by molar-refractivity contribution is -0.118. The predicted octanol–water partition coefficient (Wildman–Crippen LogP) is 2.86. The molecule has 18 heavy (non-hydrogen) atoms. The maximum absolute atomic E-state index is 11.0. The van der Waals surface area contributed by atoms with Crippen LogP contribution in [0.5, 0.6) is 0 Å². The summed E-state index contributed by atoms with van der Waals surface area (Å²) in [4.78, 5) is 15.4. The number of primary amides is 1. The van der Waals surface area contributed by atoms with Gasteiger partial charge in [-0.1, -0.05) is 17.7 Å². The Balaban J connectivity index is 2.60. The molecule has 96 valence electrons. The molecular weight excluding hydrogens is 273 g/mol. The number of nitrogens with zero attached hydrogens (tertiary/aromatic N) is 2. The highest BCUT2D eigenvalue weighted by molar-refractivity contribution is 6.35. The van der Waals surface area contributed by atoms with Crippen molar-refractivity contribution >= 4 is 40.1 Å². The Morgan fingerprint density at radius 2 is 2.28 bits per heavy atom. The third kappa shape index (κ3) is 2.31. The van der Waals surface area contributed by atoms with Crippen molar-refractivity contribution in [2.45, 2.75) is 25.3 Å². The number of carbonyl (C=O) groups is 1. The third-order valence-electron chi connectivity index (χ3n) is 2.80. The number of amides is 1. The first-order valence-corrected chi connectivity index (χ1v) is 6.45. The Labute approximate surface area is 115 Å². The molecule has 4 nitrogen and oxygen atoms in total. The molecule has 0 radical (unpaired) electrons. The standard InChI is InChI=1S/C12H13Cl2N3O/c1-7(5-10(15)18)17-9-4-2-3-8(14)12(9)16-11(17)6-13/h2-4,7H,5-6H2,1H3,(H2,15,18). The smallest absolute Gasteiger partial charge is 0.219 e. The number of fused-ring (bicyclic) bond motifs is 1. The minimum atomic E-state index is -0.355. The van der Waals surface area contributed by atoms with Gasteiger partial charge in [0.2, 0.25) is 5.91 Å². The number of alkyl halides is 1. The highest BCUT2D eigenvalue weighted by Crippen LogP contribution is 2.28. The molecule has 1 atom stereocenters. The van der Waals surface area contributed by atoms with Gasteiger partial charge in [0.1, 0.15) is 11.3 Å². The number of hydrogen-bond acceptors (Lipinski definition) is 2. The molecule has 0 aliphatic carbocycles. The van der Waals surface area contributed by atoms with Crippen LogP contribution in [0.15, 0.2) is 18.2 Å². The molecule has 2 aromatic rings. The molecule has 6 heteroatoms. The van der Waals surface area contributed by atoms with Gasteiger partial charge in [-0.25, -0.2) is 4.98 Å². The molecule has 0 aliphatic rings. The van der Waals surface area contributed by atoms with Gasteiger partial charge in [0.05, 0.1) is 16.4 Å². The Kier molecular flexibility index (Phi) is 3.78. The molecule has 1 heterocycles. The summed E-state index contributed by atoms with van der Waals surface area (Å²) in [5.74, 6) is 0.592. The number of para-hydroxylation sites is 1. The van der Waals surface area contributed by atoms with Gasteiger partial charge in [0.15, 0.2) is 0 Å². The average molecular weight is 286 g/mol. The van der Waals surface area contributed by atoms with Gasteiger partial charge in [-0.05, 0) is 19.1 Å². The molecule has 0 bridgehead atoms. The summed E-state index contributed by atoms with van der Waals surface area (Å²) >= 11 is 12.0. The Morgan fingerprint density at radius 3 is 2.89 bits per heavy atom. The number of imidazole rings is 1. The van der Waals surface area contributed by atoms with Crippen LogP contribution in [0.4, 0.5) is 0 Å². The average Bonchev–Trinajstić information content (AvgIpc) is 2.68. The van der Waals surface area contributed by atoms with Gasteiger partial charge in [0, 0.05) is 12.5 Å². The van der Waals surface area contributed by atoms with Gasteiger partial charge in [-0.2, -0.15) is 0 Å². The normalized spacial score (nSPS) is 12.8. The van der Waals surface area contributed by atoms with Gasteiger partial charge in [-0.3, -0.25) is 4.79 Å². The van der Waals surface area contributed by atoms with E-state index in [0.717, 1.165) is 5.52 Å². The van der Waals surface area contributed by atoms with Crippen LogP contribution in [0.3, 0.4) is 0 Å². The quantitative estimate of drug-likeness (QED) is 0.878. The van der Waals surface area contributed by atoms with Crippen LogP contribution >= 0.6 is 23.2 Å². The molecule has 0 aliphatic heterocycles.